The number of hydrogen-bond acceptors (Lipinski definition) is 5. The number of amides is 1. The van der Waals surface area contributed by atoms with E-state index < -0.39 is 0 Å². The van der Waals surface area contributed by atoms with Gasteiger partial charge < -0.3 is 10.0 Å². The summed E-state index contributed by atoms with van der Waals surface area (Å²) in [6.45, 7) is 4.39. The lowest BCUT2D eigenvalue weighted by Gasteiger charge is -2.28. The van der Waals surface area contributed by atoms with E-state index in [0.29, 0.717) is 30.0 Å². The number of anilines is 1. The molecule has 1 aromatic rings. The van der Waals surface area contributed by atoms with E-state index in [1.807, 2.05) is 26.0 Å². The summed E-state index contributed by atoms with van der Waals surface area (Å²) in [5.41, 5.74) is 2.09. The number of allylic oxidation sites excluding steroid dienone is 2. The monoisotopic (exact) mass is 371 g/mol. The van der Waals surface area contributed by atoms with Crippen molar-refractivity contribution in [1.29, 1.82) is 0 Å². The number of rotatable bonds is 3. The molecule has 5 nitrogen and oxygen atoms in total. The molecular formula is C20H21NO4S. The first-order chi connectivity index (χ1) is 12.4. The van der Waals surface area contributed by atoms with Crippen molar-refractivity contribution in [2.75, 3.05) is 17.2 Å². The molecule has 3 rings (SSSR count). The van der Waals surface area contributed by atoms with Gasteiger partial charge in [-0.1, -0.05) is 11.6 Å². The van der Waals surface area contributed by atoms with E-state index in [2.05, 4.69) is 0 Å². The molecule has 1 saturated carbocycles. The molecule has 1 heterocycles. The van der Waals surface area contributed by atoms with Gasteiger partial charge in [0.2, 0.25) is 5.91 Å². The van der Waals surface area contributed by atoms with Crippen molar-refractivity contribution < 1.29 is 19.5 Å². The SMILES string of the molecule is CC(C)=CCN1C(=O)CSc2ccc(C(O)=C3C(=O)CCCC3=O)cc21. The molecule has 0 bridgehead atoms. The van der Waals surface area contributed by atoms with Crippen molar-refractivity contribution in [3.05, 3.63) is 41.0 Å². The zero-order chi connectivity index (χ0) is 18.8. The van der Waals surface area contributed by atoms with Gasteiger partial charge >= 0.3 is 0 Å². The summed E-state index contributed by atoms with van der Waals surface area (Å²) < 4.78 is 0. The van der Waals surface area contributed by atoms with Gasteiger partial charge in [0.05, 0.1) is 11.4 Å². The number of fused-ring (bicyclic) bond motifs is 1. The van der Waals surface area contributed by atoms with Crippen LogP contribution in [-0.2, 0) is 14.4 Å². The first kappa shape index (κ1) is 18.5. The van der Waals surface area contributed by atoms with E-state index in [0.717, 1.165) is 10.5 Å². The lowest BCUT2D eigenvalue weighted by molar-refractivity contribution is -0.123. The summed E-state index contributed by atoms with van der Waals surface area (Å²) in [6.07, 6.45) is 3.05. The third kappa shape index (κ3) is 3.60. The number of Topliss-reactive ketones (excluding diaryl/α,β-unsaturated/α-hetero) is 2. The highest BCUT2D eigenvalue weighted by atomic mass is 32.2. The predicted octanol–water partition coefficient (Wildman–Crippen LogP) is 3.68. The Balaban J connectivity index is 2.04. The molecule has 2 aliphatic rings. The normalized spacial score (nSPS) is 17.2. The van der Waals surface area contributed by atoms with Crippen molar-refractivity contribution in [1.82, 2.24) is 0 Å². The molecule has 136 valence electrons. The molecule has 1 fully saturated rings. The molecule has 0 unspecified atom stereocenters. The van der Waals surface area contributed by atoms with Crippen molar-refractivity contribution in [3.63, 3.8) is 0 Å². The number of hydrogen-bond donors (Lipinski definition) is 1. The van der Waals surface area contributed by atoms with Crippen LogP contribution < -0.4 is 4.90 Å². The Bertz CT molecular complexity index is 831. The summed E-state index contributed by atoms with van der Waals surface area (Å²) in [4.78, 5) is 39.1. The largest absolute Gasteiger partial charge is 0.506 e. The maximum absolute atomic E-state index is 12.3. The van der Waals surface area contributed by atoms with Gasteiger partial charge in [-0.25, -0.2) is 0 Å². The van der Waals surface area contributed by atoms with Gasteiger partial charge in [0.15, 0.2) is 11.6 Å². The summed E-state index contributed by atoms with van der Waals surface area (Å²) in [5.74, 6) is -0.555. The first-order valence-electron chi connectivity index (χ1n) is 8.59. The molecule has 1 aromatic carbocycles. The zero-order valence-electron chi connectivity index (χ0n) is 14.9. The van der Waals surface area contributed by atoms with Crippen LogP contribution in [-0.4, -0.2) is 34.9 Å². The van der Waals surface area contributed by atoms with Crippen LogP contribution in [0, 0.1) is 0 Å². The first-order valence-corrected chi connectivity index (χ1v) is 9.57. The highest BCUT2D eigenvalue weighted by Crippen LogP contribution is 2.37. The third-order valence-electron chi connectivity index (χ3n) is 4.46. The van der Waals surface area contributed by atoms with Crippen molar-refractivity contribution >= 4 is 40.7 Å². The van der Waals surface area contributed by atoms with Gasteiger partial charge in [0, 0.05) is 29.8 Å². The molecule has 0 saturated heterocycles. The molecule has 0 spiro atoms. The van der Waals surface area contributed by atoms with Crippen LogP contribution in [0.25, 0.3) is 5.76 Å². The molecule has 0 atom stereocenters. The standard InChI is InChI=1S/C20H21NO4S/c1-12(2)8-9-21-14-10-13(6-7-17(14)26-11-18(21)24)20(25)19-15(22)4-3-5-16(19)23/h6-8,10,25H,3-5,9,11H2,1-2H3. The minimum atomic E-state index is -0.316. The number of aliphatic hydroxyl groups is 1. The van der Waals surface area contributed by atoms with E-state index in [9.17, 15) is 19.5 Å². The van der Waals surface area contributed by atoms with Crippen LogP contribution in [0.2, 0.25) is 0 Å². The molecule has 6 heteroatoms. The molecule has 1 aliphatic heterocycles. The number of thioether (sulfide) groups is 1. The highest BCUT2D eigenvalue weighted by molar-refractivity contribution is 8.00. The average Bonchev–Trinajstić information content (AvgIpc) is 2.60. The Labute approximate surface area is 156 Å². The average molecular weight is 371 g/mol. The van der Waals surface area contributed by atoms with Gasteiger partial charge in [0.25, 0.3) is 0 Å². The van der Waals surface area contributed by atoms with Gasteiger partial charge in [0.1, 0.15) is 11.3 Å². The maximum Gasteiger partial charge on any atom is 0.237 e. The zero-order valence-corrected chi connectivity index (χ0v) is 15.7. The summed E-state index contributed by atoms with van der Waals surface area (Å²) in [6, 6.07) is 5.21. The van der Waals surface area contributed by atoms with Crippen LogP contribution in [0.3, 0.4) is 0 Å². The summed E-state index contributed by atoms with van der Waals surface area (Å²) in [5, 5.41) is 10.6. The molecule has 0 aromatic heterocycles. The minimum Gasteiger partial charge on any atom is -0.506 e. The number of carbonyl (C=O) groups excluding carboxylic acids is 3. The second-order valence-electron chi connectivity index (χ2n) is 6.68. The van der Waals surface area contributed by atoms with Crippen molar-refractivity contribution in [2.45, 2.75) is 38.0 Å². The number of ketones is 2. The van der Waals surface area contributed by atoms with Crippen molar-refractivity contribution in [2.24, 2.45) is 0 Å². The molecule has 1 amide bonds. The number of carbonyl (C=O) groups is 3. The Hall–Kier alpha value is -2.34. The van der Waals surface area contributed by atoms with Crippen LogP contribution in [0.15, 0.2) is 40.3 Å². The second-order valence-corrected chi connectivity index (χ2v) is 7.70. The van der Waals surface area contributed by atoms with E-state index >= 15 is 0 Å². The lowest BCUT2D eigenvalue weighted by Crippen LogP contribution is -2.35. The molecule has 26 heavy (non-hydrogen) atoms. The summed E-state index contributed by atoms with van der Waals surface area (Å²) >= 11 is 1.45. The highest BCUT2D eigenvalue weighted by Gasteiger charge is 2.29. The van der Waals surface area contributed by atoms with Crippen LogP contribution >= 0.6 is 11.8 Å². The maximum atomic E-state index is 12.3. The second kappa shape index (κ2) is 7.50. The van der Waals surface area contributed by atoms with E-state index in [4.69, 9.17) is 0 Å². The minimum absolute atomic E-state index is 0.00545. The molecule has 1 aliphatic carbocycles. The summed E-state index contributed by atoms with van der Waals surface area (Å²) in [7, 11) is 0. The Morgan fingerprint density at radius 3 is 2.54 bits per heavy atom. The van der Waals surface area contributed by atoms with E-state index in [1.54, 1.807) is 17.0 Å². The predicted molar refractivity (Wildman–Crippen MR) is 102 cm³/mol. The Morgan fingerprint density at radius 2 is 1.88 bits per heavy atom. The van der Waals surface area contributed by atoms with Crippen LogP contribution in [0.4, 0.5) is 5.69 Å². The topological polar surface area (TPSA) is 74.7 Å². The fourth-order valence-electron chi connectivity index (χ4n) is 3.05. The van der Waals surface area contributed by atoms with Crippen LogP contribution in [0.5, 0.6) is 0 Å². The lowest BCUT2D eigenvalue weighted by atomic mass is 9.89. The fourth-order valence-corrected chi connectivity index (χ4v) is 3.96. The molecular weight excluding hydrogens is 350 g/mol. The van der Waals surface area contributed by atoms with Crippen LogP contribution in [0.1, 0.15) is 38.7 Å². The number of nitrogens with zero attached hydrogens (tertiary/aromatic N) is 1. The third-order valence-corrected chi connectivity index (χ3v) is 5.51. The number of benzene rings is 1. The van der Waals surface area contributed by atoms with E-state index in [1.165, 1.54) is 11.8 Å². The van der Waals surface area contributed by atoms with Gasteiger partial charge in [-0.05, 0) is 38.5 Å². The Morgan fingerprint density at radius 1 is 1.19 bits per heavy atom. The van der Waals surface area contributed by atoms with Gasteiger partial charge in [-0.15, -0.1) is 11.8 Å². The molecule has 0 radical (unpaired) electrons. The molecule has 1 N–H and O–H groups in total. The van der Waals surface area contributed by atoms with Crippen molar-refractivity contribution in [3.8, 4) is 0 Å². The van der Waals surface area contributed by atoms with Gasteiger partial charge in [-0.3, -0.25) is 14.4 Å². The Kier molecular flexibility index (Phi) is 5.32. The smallest absolute Gasteiger partial charge is 0.237 e. The fraction of sp³-hybridized carbons (Fsp3) is 0.350. The van der Waals surface area contributed by atoms with E-state index in [-0.39, 0.29) is 41.6 Å². The van der Waals surface area contributed by atoms with Gasteiger partial charge in [-0.2, -0.15) is 0 Å². The quantitative estimate of drug-likeness (QED) is 0.380. The number of aliphatic hydroxyl groups excluding tert-OH is 1.